The maximum Gasteiger partial charge on any atom is 0.223 e. The Morgan fingerprint density at radius 1 is 1.31 bits per heavy atom. The van der Waals surface area contributed by atoms with Gasteiger partial charge in [-0.2, -0.15) is 4.98 Å². The molecule has 2 aromatic rings. The topological polar surface area (TPSA) is 74.2 Å². The second kappa shape index (κ2) is 4.76. The predicted molar refractivity (Wildman–Crippen MR) is 59.0 cm³/mol. The van der Waals surface area contributed by atoms with Crippen LogP contribution in [0.1, 0.15) is 5.89 Å². The number of benzene rings is 1. The quantitative estimate of drug-likeness (QED) is 0.840. The molecule has 1 aromatic carbocycles. The summed E-state index contributed by atoms with van der Waals surface area (Å²) in [6, 6.07) is 7.49. The molecule has 16 heavy (non-hydrogen) atoms. The van der Waals surface area contributed by atoms with E-state index in [0.29, 0.717) is 24.9 Å². The second-order valence-electron chi connectivity index (χ2n) is 3.30. The van der Waals surface area contributed by atoms with Crippen LogP contribution in [0.15, 0.2) is 28.8 Å². The first kappa shape index (κ1) is 10.6. The lowest BCUT2D eigenvalue weighted by Crippen LogP contribution is -2.10. The lowest BCUT2D eigenvalue weighted by Gasteiger charge is -2.03. The molecule has 1 heterocycles. The van der Waals surface area contributed by atoms with E-state index >= 15 is 0 Å². The number of ether oxygens (including phenoxy) is 1. The first-order chi connectivity index (χ1) is 7.79. The maximum absolute atomic E-state index is 5.36. The summed E-state index contributed by atoms with van der Waals surface area (Å²) < 4.78 is 10.3. The van der Waals surface area contributed by atoms with Crippen LogP contribution in [0.3, 0.4) is 0 Å². The van der Waals surface area contributed by atoms with Gasteiger partial charge in [0.1, 0.15) is 12.4 Å². The Hall–Kier alpha value is -1.88. The first-order valence-corrected chi connectivity index (χ1v) is 5.03. The molecule has 0 fully saturated rings. The highest BCUT2D eigenvalue weighted by Crippen LogP contribution is 2.19. The zero-order valence-corrected chi connectivity index (χ0v) is 9.01. The molecule has 0 radical (unpaired) electrons. The Kier molecular flexibility index (Phi) is 3.16. The van der Waals surface area contributed by atoms with Gasteiger partial charge in [-0.1, -0.05) is 5.16 Å². The third kappa shape index (κ3) is 2.38. The molecular weight excluding hydrogens is 206 g/mol. The highest BCUT2D eigenvalue weighted by molar-refractivity contribution is 5.55. The van der Waals surface area contributed by atoms with E-state index in [4.69, 9.17) is 15.0 Å². The summed E-state index contributed by atoms with van der Waals surface area (Å²) in [6.45, 7) is 2.78. The first-order valence-electron chi connectivity index (χ1n) is 5.03. The van der Waals surface area contributed by atoms with Gasteiger partial charge in [0.15, 0.2) is 0 Å². The Balaban J connectivity index is 2.13. The van der Waals surface area contributed by atoms with Crippen molar-refractivity contribution in [2.45, 2.75) is 6.92 Å². The van der Waals surface area contributed by atoms with Gasteiger partial charge >= 0.3 is 0 Å². The van der Waals surface area contributed by atoms with Crippen LogP contribution in [0.5, 0.6) is 5.75 Å². The van der Waals surface area contributed by atoms with Gasteiger partial charge in [0.05, 0.1) is 0 Å². The van der Waals surface area contributed by atoms with Gasteiger partial charge in [0.25, 0.3) is 0 Å². The molecule has 5 nitrogen and oxygen atoms in total. The molecule has 1 aromatic heterocycles. The van der Waals surface area contributed by atoms with E-state index in [0.717, 1.165) is 11.3 Å². The van der Waals surface area contributed by atoms with E-state index in [1.165, 1.54) is 0 Å². The van der Waals surface area contributed by atoms with Crippen molar-refractivity contribution in [3.8, 4) is 17.1 Å². The number of nitrogens with two attached hydrogens (primary N) is 1. The molecule has 0 atom stereocenters. The van der Waals surface area contributed by atoms with E-state index in [2.05, 4.69) is 10.1 Å². The molecule has 84 valence electrons. The van der Waals surface area contributed by atoms with E-state index in [1.54, 1.807) is 6.92 Å². The van der Waals surface area contributed by atoms with Crippen molar-refractivity contribution in [1.29, 1.82) is 0 Å². The fourth-order valence-electron chi connectivity index (χ4n) is 1.29. The molecule has 0 amide bonds. The van der Waals surface area contributed by atoms with Crippen molar-refractivity contribution in [2.75, 3.05) is 13.2 Å². The smallest absolute Gasteiger partial charge is 0.223 e. The molecule has 0 aliphatic rings. The molecule has 0 saturated carbocycles. The number of aryl methyl sites for hydroxylation is 1. The largest absolute Gasteiger partial charge is 0.492 e. The molecule has 0 bridgehead atoms. The van der Waals surface area contributed by atoms with Crippen molar-refractivity contribution >= 4 is 0 Å². The lowest BCUT2D eigenvalue weighted by molar-refractivity contribution is 0.328. The summed E-state index contributed by atoms with van der Waals surface area (Å²) in [5, 5.41) is 3.83. The van der Waals surface area contributed by atoms with Crippen molar-refractivity contribution < 1.29 is 9.26 Å². The average Bonchev–Trinajstić information content (AvgIpc) is 2.74. The van der Waals surface area contributed by atoms with Crippen LogP contribution in [0, 0.1) is 6.92 Å². The van der Waals surface area contributed by atoms with Gasteiger partial charge in [-0.3, -0.25) is 0 Å². The predicted octanol–water partition coefficient (Wildman–Crippen LogP) is 1.38. The van der Waals surface area contributed by atoms with E-state index in [-0.39, 0.29) is 0 Å². The monoisotopic (exact) mass is 219 g/mol. The van der Waals surface area contributed by atoms with Crippen LogP contribution in [0.4, 0.5) is 0 Å². The summed E-state index contributed by atoms with van der Waals surface area (Å²) >= 11 is 0. The average molecular weight is 219 g/mol. The van der Waals surface area contributed by atoms with Gasteiger partial charge in [-0.25, -0.2) is 0 Å². The summed E-state index contributed by atoms with van der Waals surface area (Å²) in [7, 11) is 0. The van der Waals surface area contributed by atoms with Crippen LogP contribution < -0.4 is 10.5 Å². The Labute approximate surface area is 93.2 Å². The molecule has 0 spiro atoms. The third-order valence-electron chi connectivity index (χ3n) is 2.03. The molecule has 0 unspecified atom stereocenters. The fourth-order valence-corrected chi connectivity index (χ4v) is 1.29. The second-order valence-corrected chi connectivity index (χ2v) is 3.30. The standard InChI is InChI=1S/C11H13N3O2/c1-8-13-11(14-16-8)9-2-4-10(5-3-9)15-7-6-12/h2-5H,6-7,12H2,1H3. The number of hydrogen-bond acceptors (Lipinski definition) is 5. The minimum atomic E-state index is 0.506. The zero-order valence-electron chi connectivity index (χ0n) is 9.01. The molecule has 5 heteroatoms. The number of rotatable bonds is 4. The minimum Gasteiger partial charge on any atom is -0.492 e. The van der Waals surface area contributed by atoms with Gasteiger partial charge in [0, 0.05) is 19.0 Å². The molecule has 2 rings (SSSR count). The molecule has 0 aliphatic heterocycles. The summed E-state index contributed by atoms with van der Waals surface area (Å²) in [5.41, 5.74) is 6.24. The molecule has 0 aliphatic carbocycles. The van der Waals surface area contributed by atoms with Gasteiger partial charge in [-0.05, 0) is 24.3 Å². The normalized spacial score (nSPS) is 10.4. The summed E-state index contributed by atoms with van der Waals surface area (Å²) in [5.74, 6) is 1.93. The summed E-state index contributed by atoms with van der Waals surface area (Å²) in [4.78, 5) is 4.13. The lowest BCUT2D eigenvalue weighted by atomic mass is 10.2. The van der Waals surface area contributed by atoms with Gasteiger partial charge in [0.2, 0.25) is 11.7 Å². The number of hydrogen-bond donors (Lipinski definition) is 1. The van der Waals surface area contributed by atoms with Crippen molar-refractivity contribution in [1.82, 2.24) is 10.1 Å². The Morgan fingerprint density at radius 2 is 2.06 bits per heavy atom. The van der Waals surface area contributed by atoms with Crippen LogP contribution in [0.25, 0.3) is 11.4 Å². The maximum atomic E-state index is 5.36. The SMILES string of the molecule is Cc1nc(-c2ccc(OCCN)cc2)no1. The van der Waals surface area contributed by atoms with Crippen LogP contribution in [-0.4, -0.2) is 23.3 Å². The van der Waals surface area contributed by atoms with Crippen molar-refractivity contribution in [2.24, 2.45) is 5.73 Å². The highest BCUT2D eigenvalue weighted by Gasteiger charge is 2.05. The van der Waals surface area contributed by atoms with Gasteiger partial charge < -0.3 is 15.0 Å². The van der Waals surface area contributed by atoms with Crippen molar-refractivity contribution in [3.63, 3.8) is 0 Å². The van der Waals surface area contributed by atoms with E-state index in [9.17, 15) is 0 Å². The molecular formula is C11H13N3O2. The van der Waals surface area contributed by atoms with Gasteiger partial charge in [-0.15, -0.1) is 0 Å². The van der Waals surface area contributed by atoms with E-state index in [1.807, 2.05) is 24.3 Å². The minimum absolute atomic E-state index is 0.506. The number of aromatic nitrogens is 2. The Morgan fingerprint density at radius 3 is 2.62 bits per heavy atom. The van der Waals surface area contributed by atoms with Crippen molar-refractivity contribution in [3.05, 3.63) is 30.2 Å². The molecule has 2 N–H and O–H groups in total. The van der Waals surface area contributed by atoms with Crippen LogP contribution in [-0.2, 0) is 0 Å². The highest BCUT2D eigenvalue weighted by atomic mass is 16.5. The van der Waals surface area contributed by atoms with Crippen LogP contribution in [0.2, 0.25) is 0 Å². The fraction of sp³-hybridized carbons (Fsp3) is 0.273. The van der Waals surface area contributed by atoms with Crippen LogP contribution >= 0.6 is 0 Å². The molecule has 0 saturated heterocycles. The summed E-state index contributed by atoms with van der Waals surface area (Å²) in [6.07, 6.45) is 0. The Bertz CT molecular complexity index is 451. The number of nitrogens with zero attached hydrogens (tertiary/aromatic N) is 2. The van der Waals surface area contributed by atoms with E-state index < -0.39 is 0 Å². The third-order valence-corrected chi connectivity index (χ3v) is 2.03. The zero-order chi connectivity index (χ0) is 11.4.